The van der Waals surface area contributed by atoms with Crippen LogP contribution in [-0.4, -0.2) is 39.2 Å². The largest absolute Gasteiger partial charge is 0.480 e. The van der Waals surface area contributed by atoms with Gasteiger partial charge < -0.3 is 15.5 Å². The molecule has 1 amide bonds. The summed E-state index contributed by atoms with van der Waals surface area (Å²) in [7, 11) is 0. The molecule has 0 bridgehead atoms. The standard InChI is InChI=1S/C23H22ClN3O4/c1-23(14-28,22(30)31)26-13-15-10-11-19(25-12-15)27-21(29)18-9-5-8-17(20(18)24)16-6-3-2-4-7-16/h2-12,26,28H,13-14H2,1H3,(H,30,31)(H,25,27,29). The van der Waals surface area contributed by atoms with Gasteiger partial charge in [0.25, 0.3) is 5.91 Å². The molecule has 0 aliphatic heterocycles. The second-order valence-corrected chi connectivity index (χ2v) is 7.57. The van der Waals surface area contributed by atoms with Gasteiger partial charge in [-0.1, -0.05) is 60.1 Å². The maximum Gasteiger partial charge on any atom is 0.326 e. The third-order valence-electron chi connectivity index (χ3n) is 4.87. The summed E-state index contributed by atoms with van der Waals surface area (Å²) in [5.41, 5.74) is 1.25. The van der Waals surface area contributed by atoms with Gasteiger partial charge in [-0.25, -0.2) is 4.98 Å². The Morgan fingerprint density at radius 3 is 2.42 bits per heavy atom. The van der Waals surface area contributed by atoms with Crippen LogP contribution in [0.3, 0.4) is 0 Å². The number of carbonyl (C=O) groups is 2. The molecule has 1 unspecified atom stereocenters. The number of aliphatic hydroxyl groups is 1. The number of carbonyl (C=O) groups excluding carboxylic acids is 1. The van der Waals surface area contributed by atoms with Crippen LogP contribution < -0.4 is 10.6 Å². The van der Waals surface area contributed by atoms with Gasteiger partial charge in [0.15, 0.2) is 0 Å². The Kier molecular flexibility index (Phi) is 7.02. The van der Waals surface area contributed by atoms with E-state index >= 15 is 0 Å². The van der Waals surface area contributed by atoms with Crippen LogP contribution in [0.5, 0.6) is 0 Å². The third kappa shape index (κ3) is 5.27. The van der Waals surface area contributed by atoms with Crippen molar-refractivity contribution >= 4 is 29.3 Å². The molecule has 0 fully saturated rings. The Hall–Kier alpha value is -3.26. The number of benzene rings is 2. The van der Waals surface area contributed by atoms with E-state index in [2.05, 4.69) is 15.6 Å². The van der Waals surface area contributed by atoms with Gasteiger partial charge in [-0.15, -0.1) is 0 Å². The molecule has 160 valence electrons. The molecule has 0 aliphatic carbocycles. The maximum absolute atomic E-state index is 12.7. The zero-order chi connectivity index (χ0) is 22.4. The smallest absolute Gasteiger partial charge is 0.326 e. The van der Waals surface area contributed by atoms with Gasteiger partial charge in [-0.05, 0) is 30.2 Å². The summed E-state index contributed by atoms with van der Waals surface area (Å²) in [5, 5.41) is 24.3. The normalized spacial score (nSPS) is 12.7. The molecule has 1 aromatic heterocycles. The maximum atomic E-state index is 12.7. The molecule has 8 heteroatoms. The molecule has 0 aliphatic rings. The summed E-state index contributed by atoms with van der Waals surface area (Å²) in [6.07, 6.45) is 1.52. The summed E-state index contributed by atoms with van der Waals surface area (Å²) in [5.74, 6) is -1.21. The second kappa shape index (κ2) is 9.70. The number of nitrogens with zero attached hydrogens (tertiary/aromatic N) is 1. The average Bonchev–Trinajstić information content (AvgIpc) is 2.79. The first-order valence-electron chi connectivity index (χ1n) is 9.53. The van der Waals surface area contributed by atoms with E-state index in [1.165, 1.54) is 13.1 Å². The number of aromatic nitrogens is 1. The van der Waals surface area contributed by atoms with Crippen molar-refractivity contribution in [3.05, 3.63) is 83.0 Å². The first-order valence-corrected chi connectivity index (χ1v) is 9.91. The summed E-state index contributed by atoms with van der Waals surface area (Å²) < 4.78 is 0. The van der Waals surface area contributed by atoms with E-state index < -0.39 is 18.1 Å². The molecule has 2 aromatic carbocycles. The van der Waals surface area contributed by atoms with Gasteiger partial charge in [0.05, 0.1) is 17.2 Å². The monoisotopic (exact) mass is 439 g/mol. The molecule has 0 saturated heterocycles. The number of carboxylic acid groups (broad SMARTS) is 1. The Balaban J connectivity index is 1.70. The molecule has 0 radical (unpaired) electrons. The summed E-state index contributed by atoms with van der Waals surface area (Å²) >= 11 is 6.49. The quantitative estimate of drug-likeness (QED) is 0.427. The minimum atomic E-state index is -1.45. The fourth-order valence-electron chi connectivity index (χ4n) is 2.83. The van der Waals surface area contributed by atoms with Crippen molar-refractivity contribution < 1.29 is 19.8 Å². The molecule has 0 saturated carbocycles. The first-order chi connectivity index (χ1) is 14.8. The van der Waals surface area contributed by atoms with Crippen LogP contribution in [0.4, 0.5) is 5.82 Å². The van der Waals surface area contributed by atoms with E-state index in [1.54, 1.807) is 24.3 Å². The molecule has 31 heavy (non-hydrogen) atoms. The number of amides is 1. The summed E-state index contributed by atoms with van der Waals surface area (Å²) in [6, 6.07) is 18.1. The zero-order valence-electron chi connectivity index (χ0n) is 16.8. The van der Waals surface area contributed by atoms with Crippen LogP contribution in [0, 0.1) is 0 Å². The Bertz CT molecular complexity index is 1070. The van der Waals surface area contributed by atoms with Gasteiger partial charge >= 0.3 is 5.97 Å². The third-order valence-corrected chi connectivity index (χ3v) is 5.27. The van der Waals surface area contributed by atoms with Crippen LogP contribution >= 0.6 is 11.6 Å². The predicted octanol–water partition coefficient (Wildman–Crippen LogP) is 3.58. The molecule has 1 atom stereocenters. The summed E-state index contributed by atoms with van der Waals surface area (Å²) in [4.78, 5) is 28.2. The van der Waals surface area contributed by atoms with Crippen molar-refractivity contribution in [2.45, 2.75) is 19.0 Å². The lowest BCUT2D eigenvalue weighted by molar-refractivity contribution is -0.145. The minimum absolute atomic E-state index is 0.190. The van der Waals surface area contributed by atoms with E-state index in [1.807, 2.05) is 36.4 Å². The van der Waals surface area contributed by atoms with Gasteiger partial charge in [0, 0.05) is 18.3 Å². The van der Waals surface area contributed by atoms with Gasteiger partial charge in [0.2, 0.25) is 0 Å². The Morgan fingerprint density at radius 1 is 1.06 bits per heavy atom. The van der Waals surface area contributed by atoms with Crippen molar-refractivity contribution in [2.24, 2.45) is 0 Å². The first kappa shape index (κ1) is 22.4. The van der Waals surface area contributed by atoms with Crippen LogP contribution in [0.15, 0.2) is 66.9 Å². The Morgan fingerprint density at radius 2 is 1.81 bits per heavy atom. The van der Waals surface area contributed by atoms with Crippen molar-refractivity contribution in [3.63, 3.8) is 0 Å². The molecule has 1 heterocycles. The number of aliphatic carboxylic acids is 1. The van der Waals surface area contributed by atoms with Crippen LogP contribution in [0.1, 0.15) is 22.8 Å². The van der Waals surface area contributed by atoms with E-state index in [0.29, 0.717) is 22.0 Å². The molecule has 7 nitrogen and oxygen atoms in total. The highest BCUT2D eigenvalue weighted by atomic mass is 35.5. The van der Waals surface area contributed by atoms with E-state index in [9.17, 15) is 19.8 Å². The highest BCUT2D eigenvalue weighted by Crippen LogP contribution is 2.31. The van der Waals surface area contributed by atoms with E-state index in [4.69, 9.17) is 11.6 Å². The number of aliphatic hydroxyl groups excluding tert-OH is 1. The molecular weight excluding hydrogens is 418 g/mol. The lowest BCUT2D eigenvalue weighted by atomic mass is 10.0. The second-order valence-electron chi connectivity index (χ2n) is 7.19. The van der Waals surface area contributed by atoms with E-state index in [-0.39, 0.29) is 12.5 Å². The fraction of sp³-hybridized carbons (Fsp3) is 0.174. The highest BCUT2D eigenvalue weighted by Gasteiger charge is 2.31. The van der Waals surface area contributed by atoms with Crippen molar-refractivity contribution in [3.8, 4) is 11.1 Å². The molecular formula is C23H22ClN3O4. The molecule has 4 N–H and O–H groups in total. The molecule has 3 aromatic rings. The number of anilines is 1. The average molecular weight is 440 g/mol. The number of hydrogen-bond acceptors (Lipinski definition) is 5. The van der Waals surface area contributed by atoms with Crippen molar-refractivity contribution in [1.29, 1.82) is 0 Å². The number of rotatable bonds is 8. The Labute approximate surface area is 184 Å². The number of hydrogen-bond donors (Lipinski definition) is 4. The zero-order valence-corrected chi connectivity index (χ0v) is 17.6. The number of halogens is 1. The topological polar surface area (TPSA) is 112 Å². The van der Waals surface area contributed by atoms with Gasteiger partial charge in [-0.3, -0.25) is 14.9 Å². The van der Waals surface area contributed by atoms with E-state index in [0.717, 1.165) is 11.1 Å². The lowest BCUT2D eigenvalue weighted by Gasteiger charge is -2.23. The lowest BCUT2D eigenvalue weighted by Crippen LogP contribution is -2.52. The summed E-state index contributed by atoms with van der Waals surface area (Å²) in [6.45, 7) is 1.03. The predicted molar refractivity (Wildman–Crippen MR) is 119 cm³/mol. The van der Waals surface area contributed by atoms with Crippen LogP contribution in [-0.2, 0) is 11.3 Å². The van der Waals surface area contributed by atoms with Crippen LogP contribution in [0.2, 0.25) is 5.02 Å². The van der Waals surface area contributed by atoms with Gasteiger partial charge in [-0.2, -0.15) is 0 Å². The molecule has 0 spiro atoms. The van der Waals surface area contributed by atoms with Crippen LogP contribution in [0.25, 0.3) is 11.1 Å². The van der Waals surface area contributed by atoms with Crippen molar-refractivity contribution in [2.75, 3.05) is 11.9 Å². The fourth-order valence-corrected chi connectivity index (χ4v) is 3.15. The van der Waals surface area contributed by atoms with Gasteiger partial charge in [0.1, 0.15) is 11.4 Å². The van der Waals surface area contributed by atoms with Crippen molar-refractivity contribution in [1.82, 2.24) is 10.3 Å². The SMILES string of the molecule is CC(CO)(NCc1ccc(NC(=O)c2cccc(-c3ccccc3)c2Cl)nc1)C(=O)O. The molecule has 3 rings (SSSR count). The minimum Gasteiger partial charge on any atom is -0.480 e. The number of pyridine rings is 1. The number of nitrogens with one attached hydrogen (secondary N) is 2. The highest BCUT2D eigenvalue weighted by molar-refractivity contribution is 6.37. The number of carboxylic acids is 1.